The van der Waals surface area contributed by atoms with E-state index < -0.39 is 23.3 Å². The van der Waals surface area contributed by atoms with Crippen LogP contribution in [-0.2, 0) is 14.2 Å². The first-order valence-corrected chi connectivity index (χ1v) is 9.99. The average Bonchev–Trinajstić information content (AvgIpc) is 2.93. The lowest BCUT2D eigenvalue weighted by molar-refractivity contribution is -0.361. The zero-order valence-electron chi connectivity index (χ0n) is 16.1. The van der Waals surface area contributed by atoms with Crippen molar-refractivity contribution in [3.8, 4) is 0 Å². The molecule has 0 aromatic rings. The Morgan fingerprint density at radius 1 is 1.24 bits per heavy atom. The first-order valence-electron chi connectivity index (χ1n) is 9.99. The molecule has 0 bridgehead atoms. The van der Waals surface area contributed by atoms with E-state index in [1.807, 2.05) is 6.92 Å². The van der Waals surface area contributed by atoms with Gasteiger partial charge in [0.15, 0.2) is 11.6 Å². The molecule has 3 heterocycles. The maximum absolute atomic E-state index is 10.8. The molecule has 0 aromatic heterocycles. The third kappa shape index (κ3) is 4.02. The van der Waals surface area contributed by atoms with Crippen LogP contribution in [-0.4, -0.2) is 35.0 Å². The van der Waals surface area contributed by atoms with E-state index in [4.69, 9.17) is 14.2 Å². The second kappa shape index (κ2) is 7.51. The molecule has 0 amide bonds. The molecule has 2 spiro atoms. The highest BCUT2D eigenvalue weighted by Gasteiger charge is 2.55. The van der Waals surface area contributed by atoms with Gasteiger partial charge in [0.25, 0.3) is 0 Å². The quantitative estimate of drug-likeness (QED) is 0.735. The zero-order chi connectivity index (χ0) is 18.0. The van der Waals surface area contributed by atoms with Crippen LogP contribution in [0.25, 0.3) is 0 Å². The predicted molar refractivity (Wildman–Crippen MR) is 98.1 cm³/mol. The van der Waals surface area contributed by atoms with Crippen LogP contribution in [0.3, 0.4) is 0 Å². The van der Waals surface area contributed by atoms with Gasteiger partial charge >= 0.3 is 0 Å². The van der Waals surface area contributed by atoms with Crippen molar-refractivity contribution in [3.05, 3.63) is 23.8 Å². The van der Waals surface area contributed by atoms with Crippen LogP contribution >= 0.6 is 0 Å². The Labute approximate surface area is 152 Å². The molecule has 4 heteroatoms. The van der Waals surface area contributed by atoms with Crippen molar-refractivity contribution in [2.45, 2.75) is 102 Å². The van der Waals surface area contributed by atoms with Gasteiger partial charge in [-0.25, -0.2) is 0 Å². The number of rotatable bonds is 5. The highest BCUT2D eigenvalue weighted by atomic mass is 16.8. The molecule has 1 N–H and O–H groups in total. The maximum Gasteiger partial charge on any atom is 0.191 e. The fourth-order valence-electron chi connectivity index (χ4n) is 4.38. The molecule has 4 nitrogen and oxygen atoms in total. The van der Waals surface area contributed by atoms with Crippen LogP contribution in [0.5, 0.6) is 0 Å². The lowest BCUT2D eigenvalue weighted by atomic mass is 9.90. The topological polar surface area (TPSA) is 47.9 Å². The zero-order valence-corrected chi connectivity index (χ0v) is 16.1. The second-order valence-electron chi connectivity index (χ2n) is 8.01. The smallest absolute Gasteiger partial charge is 0.191 e. The summed E-state index contributed by atoms with van der Waals surface area (Å²) in [4.78, 5) is 0. The molecule has 2 saturated heterocycles. The van der Waals surface area contributed by atoms with Gasteiger partial charge in [0, 0.05) is 19.3 Å². The summed E-state index contributed by atoms with van der Waals surface area (Å²) in [5, 5.41) is 10.8. The minimum atomic E-state index is -0.643. The van der Waals surface area contributed by atoms with Crippen molar-refractivity contribution in [1.29, 1.82) is 0 Å². The van der Waals surface area contributed by atoms with Crippen molar-refractivity contribution in [1.82, 2.24) is 0 Å². The average molecular weight is 350 g/mol. The van der Waals surface area contributed by atoms with Crippen molar-refractivity contribution in [2.24, 2.45) is 0 Å². The van der Waals surface area contributed by atoms with Gasteiger partial charge in [0.2, 0.25) is 0 Å². The summed E-state index contributed by atoms with van der Waals surface area (Å²) in [7, 11) is 0. The van der Waals surface area contributed by atoms with Crippen molar-refractivity contribution < 1.29 is 19.3 Å². The van der Waals surface area contributed by atoms with Gasteiger partial charge in [-0.05, 0) is 58.4 Å². The second-order valence-corrected chi connectivity index (χ2v) is 8.01. The fourth-order valence-corrected chi connectivity index (χ4v) is 4.38. The predicted octanol–water partition coefficient (Wildman–Crippen LogP) is 4.62. The van der Waals surface area contributed by atoms with Crippen molar-refractivity contribution >= 4 is 0 Å². The van der Waals surface area contributed by atoms with Gasteiger partial charge in [-0.1, -0.05) is 24.6 Å². The number of allylic oxidation sites excluding steroid dienone is 2. The Morgan fingerprint density at radius 3 is 2.76 bits per heavy atom. The normalized spacial score (nSPS) is 40.1. The number of hydrogen-bond acceptors (Lipinski definition) is 4. The van der Waals surface area contributed by atoms with Crippen molar-refractivity contribution in [2.75, 3.05) is 6.61 Å². The van der Waals surface area contributed by atoms with E-state index in [-0.39, 0.29) is 0 Å². The maximum atomic E-state index is 10.8. The highest BCUT2D eigenvalue weighted by Crippen LogP contribution is 2.49. The molecular formula is C21H34O4. The van der Waals surface area contributed by atoms with Gasteiger partial charge in [0.1, 0.15) is 0 Å². The minimum absolute atomic E-state index is 0.480. The summed E-state index contributed by atoms with van der Waals surface area (Å²) >= 11 is 0. The van der Waals surface area contributed by atoms with E-state index in [1.54, 1.807) is 0 Å². The van der Waals surface area contributed by atoms with Crippen molar-refractivity contribution in [3.63, 3.8) is 0 Å². The molecule has 0 saturated carbocycles. The van der Waals surface area contributed by atoms with Crippen LogP contribution in [0, 0.1) is 0 Å². The molecule has 0 aromatic carbocycles. The van der Waals surface area contributed by atoms with Crippen LogP contribution in [0.2, 0.25) is 0 Å². The summed E-state index contributed by atoms with van der Waals surface area (Å²) in [6.45, 7) is 7.00. The van der Waals surface area contributed by atoms with Gasteiger partial charge < -0.3 is 19.3 Å². The molecule has 142 valence electrons. The van der Waals surface area contributed by atoms with Gasteiger partial charge in [-0.3, -0.25) is 0 Å². The van der Waals surface area contributed by atoms with E-state index >= 15 is 0 Å². The Bertz CT molecular complexity index is 520. The number of aliphatic hydroxyl groups excluding tert-OH is 1. The molecular weight excluding hydrogens is 316 g/mol. The van der Waals surface area contributed by atoms with E-state index in [1.165, 1.54) is 5.57 Å². The summed E-state index contributed by atoms with van der Waals surface area (Å²) < 4.78 is 18.8. The van der Waals surface area contributed by atoms with Gasteiger partial charge in [-0.15, -0.1) is 0 Å². The molecule has 3 aliphatic heterocycles. The Morgan fingerprint density at radius 2 is 2.08 bits per heavy atom. The van der Waals surface area contributed by atoms with Crippen LogP contribution in [0.15, 0.2) is 23.8 Å². The largest absolute Gasteiger partial charge is 0.390 e. The monoisotopic (exact) mass is 350 g/mol. The van der Waals surface area contributed by atoms with E-state index in [9.17, 15) is 5.11 Å². The number of ether oxygens (including phenoxy) is 3. The van der Waals surface area contributed by atoms with E-state index in [2.05, 4.69) is 32.1 Å². The van der Waals surface area contributed by atoms with E-state index in [0.717, 1.165) is 64.4 Å². The van der Waals surface area contributed by atoms with Crippen LogP contribution < -0.4 is 0 Å². The molecule has 25 heavy (non-hydrogen) atoms. The first kappa shape index (κ1) is 19.1. The van der Waals surface area contributed by atoms with Gasteiger partial charge in [0.05, 0.1) is 18.3 Å². The standard InChI is InChI=1S/C21H34O4/c1-4-17(5-2)9-10-18(22)19(3)14-15-21(24-19)13-8-12-20(25-21)11-6-7-16-23-20/h4,8,12,18,22H,5-7,9-11,13-16H2,1-3H3/b17-4+/t18-,19-,20+,21-/m1/s1. The lowest BCUT2D eigenvalue weighted by Gasteiger charge is -2.45. The van der Waals surface area contributed by atoms with Crippen LogP contribution in [0.1, 0.15) is 78.6 Å². The third-order valence-electron chi connectivity index (χ3n) is 6.15. The van der Waals surface area contributed by atoms with E-state index in [0.29, 0.717) is 0 Å². The fraction of sp³-hybridized carbons (Fsp3) is 0.810. The number of hydrogen-bond donors (Lipinski definition) is 1. The molecule has 2 fully saturated rings. The summed E-state index contributed by atoms with van der Waals surface area (Å²) in [5.41, 5.74) is 0.843. The Balaban J connectivity index is 1.64. The highest BCUT2D eigenvalue weighted by molar-refractivity contribution is 5.09. The first-order chi connectivity index (χ1) is 11.9. The lowest BCUT2D eigenvalue weighted by Crippen LogP contribution is -2.51. The third-order valence-corrected chi connectivity index (χ3v) is 6.15. The molecule has 3 aliphatic rings. The number of aliphatic hydroxyl groups is 1. The van der Waals surface area contributed by atoms with Crippen LogP contribution in [0.4, 0.5) is 0 Å². The molecule has 4 atom stereocenters. The Kier molecular flexibility index (Phi) is 5.74. The molecule has 3 rings (SSSR count). The van der Waals surface area contributed by atoms with Gasteiger partial charge in [-0.2, -0.15) is 0 Å². The molecule has 0 radical (unpaired) electrons. The summed E-state index contributed by atoms with van der Waals surface area (Å²) in [5.74, 6) is -1.26. The SMILES string of the molecule is C/C=C(\CC)CC[C@@H](O)[C@@]1(C)CC[C@]2(CC=C[C@]3(CCCCO3)O2)O1. The molecule has 0 aliphatic carbocycles. The summed E-state index contributed by atoms with van der Waals surface area (Å²) in [6, 6.07) is 0. The minimum Gasteiger partial charge on any atom is -0.390 e. The molecule has 0 unspecified atom stereocenters. The summed E-state index contributed by atoms with van der Waals surface area (Å²) in [6.07, 6.45) is 14.0. The Hall–Kier alpha value is -0.680.